The summed E-state index contributed by atoms with van der Waals surface area (Å²) in [5.74, 6) is 0.145. The summed E-state index contributed by atoms with van der Waals surface area (Å²) in [5.41, 5.74) is 0.196. The van der Waals surface area contributed by atoms with Crippen LogP contribution in [0.1, 0.15) is 58.8 Å². The fourth-order valence-corrected chi connectivity index (χ4v) is 2.72. The second kappa shape index (κ2) is 6.83. The standard InChI is InChI=1S/C15H26O2/c1-4-7-8-9-11-15(10-5-2)12-13(15)14(16)17-6-3/h5,13H,2,4,6-12H2,1,3H3/t13-,15-/m0/s1. The van der Waals surface area contributed by atoms with Crippen LogP contribution in [0.15, 0.2) is 12.7 Å². The second-order valence-electron chi connectivity index (χ2n) is 5.17. The minimum atomic E-state index is 0.00448. The lowest BCUT2D eigenvalue weighted by Gasteiger charge is -2.14. The molecule has 1 aliphatic carbocycles. The monoisotopic (exact) mass is 238 g/mol. The molecule has 0 amide bonds. The Balaban J connectivity index is 2.38. The van der Waals surface area contributed by atoms with E-state index in [1.807, 2.05) is 13.0 Å². The van der Waals surface area contributed by atoms with Crippen molar-refractivity contribution in [2.45, 2.75) is 58.8 Å². The Morgan fingerprint density at radius 2 is 2.18 bits per heavy atom. The van der Waals surface area contributed by atoms with Gasteiger partial charge in [-0.05, 0) is 31.6 Å². The van der Waals surface area contributed by atoms with Gasteiger partial charge in [-0.2, -0.15) is 0 Å². The van der Waals surface area contributed by atoms with Crippen LogP contribution in [0.5, 0.6) is 0 Å². The molecule has 0 aromatic heterocycles. The van der Waals surface area contributed by atoms with Gasteiger partial charge in [0.15, 0.2) is 0 Å². The molecule has 0 N–H and O–H groups in total. The number of allylic oxidation sites excluding steroid dienone is 1. The Morgan fingerprint density at radius 3 is 2.76 bits per heavy atom. The molecule has 0 aromatic carbocycles. The Labute approximate surface area is 105 Å². The van der Waals surface area contributed by atoms with Crippen molar-refractivity contribution < 1.29 is 9.53 Å². The van der Waals surface area contributed by atoms with E-state index in [2.05, 4.69) is 13.5 Å². The molecular formula is C15H26O2. The summed E-state index contributed by atoms with van der Waals surface area (Å²) in [5, 5.41) is 0. The zero-order valence-corrected chi connectivity index (χ0v) is 11.3. The van der Waals surface area contributed by atoms with Crippen molar-refractivity contribution >= 4 is 5.97 Å². The van der Waals surface area contributed by atoms with Crippen molar-refractivity contribution in [2.24, 2.45) is 11.3 Å². The summed E-state index contributed by atoms with van der Waals surface area (Å²) < 4.78 is 5.12. The van der Waals surface area contributed by atoms with Gasteiger partial charge in [0.1, 0.15) is 0 Å². The molecule has 17 heavy (non-hydrogen) atoms. The molecule has 1 fully saturated rings. The molecule has 2 nitrogen and oxygen atoms in total. The molecule has 2 heteroatoms. The minimum absolute atomic E-state index is 0.00448. The Hall–Kier alpha value is -0.790. The lowest BCUT2D eigenvalue weighted by Crippen LogP contribution is -2.13. The molecule has 0 aliphatic heterocycles. The molecule has 1 saturated carbocycles. The molecule has 0 radical (unpaired) electrons. The van der Waals surface area contributed by atoms with Gasteiger partial charge < -0.3 is 4.74 Å². The van der Waals surface area contributed by atoms with Crippen molar-refractivity contribution in [3.63, 3.8) is 0 Å². The fraction of sp³-hybridized carbons (Fsp3) is 0.800. The average molecular weight is 238 g/mol. The molecule has 0 heterocycles. The van der Waals surface area contributed by atoms with Gasteiger partial charge in [-0.25, -0.2) is 0 Å². The van der Waals surface area contributed by atoms with E-state index in [4.69, 9.17) is 4.74 Å². The maximum absolute atomic E-state index is 11.7. The highest BCUT2D eigenvalue weighted by atomic mass is 16.5. The summed E-state index contributed by atoms with van der Waals surface area (Å²) in [6.07, 6.45) is 10.2. The summed E-state index contributed by atoms with van der Waals surface area (Å²) in [6.45, 7) is 8.41. The Kier molecular flexibility index (Phi) is 5.73. The van der Waals surface area contributed by atoms with E-state index in [1.54, 1.807) is 0 Å². The first kappa shape index (κ1) is 14.3. The van der Waals surface area contributed by atoms with Gasteiger partial charge in [-0.3, -0.25) is 4.79 Å². The van der Waals surface area contributed by atoms with Crippen LogP contribution in [-0.4, -0.2) is 12.6 Å². The predicted octanol–water partition coefficient (Wildman–Crippen LogP) is 4.10. The lowest BCUT2D eigenvalue weighted by molar-refractivity contribution is -0.145. The van der Waals surface area contributed by atoms with Crippen molar-refractivity contribution in [3.05, 3.63) is 12.7 Å². The van der Waals surface area contributed by atoms with Crippen molar-refractivity contribution in [1.82, 2.24) is 0 Å². The number of hydrogen-bond donors (Lipinski definition) is 0. The van der Waals surface area contributed by atoms with Crippen LogP contribution in [0.3, 0.4) is 0 Å². The van der Waals surface area contributed by atoms with Crippen LogP contribution in [0.25, 0.3) is 0 Å². The molecule has 0 saturated heterocycles. The Morgan fingerprint density at radius 1 is 1.41 bits per heavy atom. The van der Waals surface area contributed by atoms with E-state index in [1.165, 1.54) is 25.7 Å². The highest BCUT2D eigenvalue weighted by Crippen LogP contribution is 2.59. The first-order chi connectivity index (χ1) is 8.20. The van der Waals surface area contributed by atoms with Crippen LogP contribution in [-0.2, 0) is 9.53 Å². The molecule has 1 aliphatic rings. The van der Waals surface area contributed by atoms with Gasteiger partial charge >= 0.3 is 5.97 Å². The number of carbonyl (C=O) groups excluding carboxylic acids is 1. The van der Waals surface area contributed by atoms with E-state index in [0.717, 1.165) is 19.3 Å². The van der Waals surface area contributed by atoms with Crippen molar-refractivity contribution in [2.75, 3.05) is 6.61 Å². The van der Waals surface area contributed by atoms with Gasteiger partial charge in [0.2, 0.25) is 0 Å². The van der Waals surface area contributed by atoms with Gasteiger partial charge in [-0.1, -0.05) is 38.7 Å². The molecule has 0 spiro atoms. The van der Waals surface area contributed by atoms with Crippen LogP contribution in [0, 0.1) is 11.3 Å². The third-order valence-corrected chi connectivity index (χ3v) is 3.84. The van der Waals surface area contributed by atoms with Crippen LogP contribution in [0.4, 0.5) is 0 Å². The fourth-order valence-electron chi connectivity index (χ4n) is 2.72. The van der Waals surface area contributed by atoms with Crippen LogP contribution < -0.4 is 0 Å². The maximum atomic E-state index is 11.7. The molecular weight excluding hydrogens is 212 g/mol. The summed E-state index contributed by atoms with van der Waals surface area (Å²) in [7, 11) is 0. The topological polar surface area (TPSA) is 26.3 Å². The maximum Gasteiger partial charge on any atom is 0.309 e. The largest absolute Gasteiger partial charge is 0.466 e. The third-order valence-electron chi connectivity index (χ3n) is 3.84. The molecule has 1 rings (SSSR count). The number of esters is 1. The molecule has 0 bridgehead atoms. The average Bonchev–Trinajstić information content (AvgIpc) is 3.01. The number of rotatable bonds is 9. The molecule has 0 aromatic rings. The smallest absolute Gasteiger partial charge is 0.309 e. The number of unbranched alkanes of at least 4 members (excludes halogenated alkanes) is 3. The molecule has 2 atom stereocenters. The summed E-state index contributed by atoms with van der Waals surface area (Å²) >= 11 is 0. The van der Waals surface area contributed by atoms with Crippen molar-refractivity contribution in [3.8, 4) is 0 Å². The predicted molar refractivity (Wildman–Crippen MR) is 70.7 cm³/mol. The number of carbonyl (C=O) groups is 1. The Bertz CT molecular complexity index is 260. The van der Waals surface area contributed by atoms with Gasteiger partial charge in [-0.15, -0.1) is 6.58 Å². The number of ether oxygens (including phenoxy) is 1. The highest BCUT2D eigenvalue weighted by molar-refractivity contribution is 5.77. The molecule has 98 valence electrons. The normalized spacial score (nSPS) is 26.6. The summed E-state index contributed by atoms with van der Waals surface area (Å²) in [4.78, 5) is 11.7. The van der Waals surface area contributed by atoms with Gasteiger partial charge in [0, 0.05) is 0 Å². The SMILES string of the molecule is C=CC[C@]1(CCCCCC)C[C@H]1C(=O)OCC. The number of hydrogen-bond acceptors (Lipinski definition) is 2. The zero-order valence-electron chi connectivity index (χ0n) is 11.3. The van der Waals surface area contributed by atoms with E-state index in [9.17, 15) is 4.79 Å². The van der Waals surface area contributed by atoms with E-state index in [0.29, 0.717) is 6.61 Å². The first-order valence-electron chi connectivity index (χ1n) is 6.97. The van der Waals surface area contributed by atoms with Crippen LogP contribution >= 0.6 is 0 Å². The van der Waals surface area contributed by atoms with E-state index >= 15 is 0 Å². The highest BCUT2D eigenvalue weighted by Gasteiger charge is 2.57. The van der Waals surface area contributed by atoms with Crippen LogP contribution in [0.2, 0.25) is 0 Å². The second-order valence-corrected chi connectivity index (χ2v) is 5.17. The zero-order chi connectivity index (χ0) is 12.7. The van der Waals surface area contributed by atoms with Gasteiger partial charge in [0.25, 0.3) is 0 Å². The van der Waals surface area contributed by atoms with E-state index in [-0.39, 0.29) is 17.3 Å². The van der Waals surface area contributed by atoms with Crippen molar-refractivity contribution in [1.29, 1.82) is 0 Å². The third kappa shape index (κ3) is 3.86. The van der Waals surface area contributed by atoms with Gasteiger partial charge in [0.05, 0.1) is 12.5 Å². The lowest BCUT2D eigenvalue weighted by atomic mass is 9.91. The minimum Gasteiger partial charge on any atom is -0.466 e. The van der Waals surface area contributed by atoms with E-state index < -0.39 is 0 Å². The summed E-state index contributed by atoms with van der Waals surface area (Å²) in [6, 6.07) is 0. The quantitative estimate of drug-likeness (QED) is 0.343. The first-order valence-corrected chi connectivity index (χ1v) is 6.97. The molecule has 0 unspecified atom stereocenters.